The van der Waals surface area contributed by atoms with Gasteiger partial charge in [0.05, 0.1) is 21.3 Å². The number of amides is 2. The summed E-state index contributed by atoms with van der Waals surface area (Å²) in [6.07, 6.45) is 0.685. The van der Waals surface area contributed by atoms with E-state index in [4.69, 9.17) is 28.3 Å². The molecule has 3 N–H and O–H groups in total. The van der Waals surface area contributed by atoms with Crippen LogP contribution in [-0.2, 0) is 9.59 Å². The lowest BCUT2D eigenvalue weighted by Gasteiger charge is -2.13. The van der Waals surface area contributed by atoms with Crippen LogP contribution < -0.4 is 10.6 Å². The monoisotopic (exact) mass is 316 g/mol. The minimum absolute atomic E-state index is 0.0209. The van der Waals surface area contributed by atoms with Crippen molar-refractivity contribution in [2.75, 3.05) is 5.32 Å². The molecule has 8 heteroatoms. The Kier molecular flexibility index (Phi) is 4.15. The maximum absolute atomic E-state index is 11.9. The number of rotatable bonds is 3. The number of hydrogen-bond acceptors (Lipinski definition) is 3. The van der Waals surface area contributed by atoms with E-state index in [-0.39, 0.29) is 33.6 Å². The highest BCUT2D eigenvalue weighted by atomic mass is 35.5. The molecule has 6 nitrogen and oxygen atoms in total. The largest absolute Gasteiger partial charge is 0.478 e. The van der Waals surface area contributed by atoms with Gasteiger partial charge in [0.2, 0.25) is 11.8 Å². The lowest BCUT2D eigenvalue weighted by atomic mass is 10.2. The van der Waals surface area contributed by atoms with Crippen LogP contribution in [0.2, 0.25) is 10.0 Å². The fraction of sp³-hybridized carbons (Fsp3) is 0.250. The first-order valence-electron chi connectivity index (χ1n) is 5.71. The first-order chi connectivity index (χ1) is 9.38. The van der Waals surface area contributed by atoms with E-state index in [1.807, 2.05) is 0 Å². The van der Waals surface area contributed by atoms with Crippen LogP contribution in [0.1, 0.15) is 23.2 Å². The normalized spacial score (nSPS) is 17.7. The summed E-state index contributed by atoms with van der Waals surface area (Å²) in [6.45, 7) is 0. The molecular weight excluding hydrogens is 307 g/mol. The van der Waals surface area contributed by atoms with Crippen LogP contribution >= 0.6 is 23.2 Å². The summed E-state index contributed by atoms with van der Waals surface area (Å²) in [5, 5.41) is 13.9. The van der Waals surface area contributed by atoms with Crippen molar-refractivity contribution in [2.45, 2.75) is 18.9 Å². The van der Waals surface area contributed by atoms with Crippen LogP contribution in [0.15, 0.2) is 12.1 Å². The fourth-order valence-electron chi connectivity index (χ4n) is 1.84. The van der Waals surface area contributed by atoms with Gasteiger partial charge in [0.15, 0.2) is 0 Å². The van der Waals surface area contributed by atoms with Gasteiger partial charge in [-0.3, -0.25) is 9.59 Å². The number of hydrogen-bond donors (Lipinski definition) is 3. The van der Waals surface area contributed by atoms with E-state index in [9.17, 15) is 14.4 Å². The van der Waals surface area contributed by atoms with Crippen molar-refractivity contribution < 1.29 is 19.5 Å². The standard InChI is InChI=1S/C12H10Cl2N2O4/c13-6-3-5(12(19)20)4-7(14)10(6)16-11(18)8-1-2-9(17)15-8/h3-4,8H,1-2H2,(H,15,17)(H,16,18)(H,19,20)/t8-/m1/s1. The molecule has 0 bridgehead atoms. The molecule has 1 aromatic carbocycles. The van der Waals surface area contributed by atoms with Gasteiger partial charge in [-0.05, 0) is 18.6 Å². The molecule has 0 aliphatic carbocycles. The number of benzene rings is 1. The number of halogens is 2. The van der Waals surface area contributed by atoms with Gasteiger partial charge in [0.25, 0.3) is 0 Å². The average Bonchev–Trinajstić information content (AvgIpc) is 2.80. The molecule has 1 aromatic rings. The van der Waals surface area contributed by atoms with Crippen molar-refractivity contribution in [1.82, 2.24) is 5.32 Å². The van der Waals surface area contributed by atoms with Gasteiger partial charge < -0.3 is 15.7 Å². The molecule has 0 unspecified atom stereocenters. The van der Waals surface area contributed by atoms with Crippen molar-refractivity contribution in [3.63, 3.8) is 0 Å². The Balaban J connectivity index is 2.19. The number of carbonyl (C=O) groups is 3. The van der Waals surface area contributed by atoms with Gasteiger partial charge in [-0.25, -0.2) is 4.79 Å². The Hall–Kier alpha value is -1.79. The van der Waals surface area contributed by atoms with Crippen LogP contribution in [0.5, 0.6) is 0 Å². The predicted molar refractivity (Wildman–Crippen MR) is 73.2 cm³/mol. The second-order valence-electron chi connectivity index (χ2n) is 4.27. The maximum Gasteiger partial charge on any atom is 0.335 e. The molecule has 2 rings (SSSR count). The van der Waals surface area contributed by atoms with Crippen molar-refractivity contribution in [2.24, 2.45) is 0 Å². The minimum Gasteiger partial charge on any atom is -0.478 e. The Morgan fingerprint density at radius 1 is 1.30 bits per heavy atom. The molecular formula is C12H10Cl2N2O4. The minimum atomic E-state index is -1.17. The van der Waals surface area contributed by atoms with Gasteiger partial charge in [-0.15, -0.1) is 0 Å². The molecule has 1 fully saturated rings. The van der Waals surface area contributed by atoms with Crippen LogP contribution in [0.3, 0.4) is 0 Å². The highest BCUT2D eigenvalue weighted by Gasteiger charge is 2.28. The van der Waals surface area contributed by atoms with Crippen LogP contribution in [0.25, 0.3) is 0 Å². The molecule has 0 radical (unpaired) electrons. The zero-order valence-electron chi connectivity index (χ0n) is 10.1. The molecule has 0 spiro atoms. The molecule has 0 saturated carbocycles. The third-order valence-electron chi connectivity index (χ3n) is 2.85. The highest BCUT2D eigenvalue weighted by molar-refractivity contribution is 6.40. The fourth-order valence-corrected chi connectivity index (χ4v) is 2.42. The lowest BCUT2D eigenvalue weighted by molar-refractivity contribution is -0.122. The number of carboxylic acid groups (broad SMARTS) is 1. The summed E-state index contributed by atoms with van der Waals surface area (Å²) >= 11 is 11.8. The average molecular weight is 317 g/mol. The Labute approximate surface area is 124 Å². The Bertz CT molecular complexity index is 580. The zero-order valence-corrected chi connectivity index (χ0v) is 11.6. The maximum atomic E-state index is 11.9. The van der Waals surface area contributed by atoms with Crippen LogP contribution in [-0.4, -0.2) is 28.9 Å². The smallest absolute Gasteiger partial charge is 0.335 e. The van der Waals surface area contributed by atoms with E-state index < -0.39 is 17.9 Å². The van der Waals surface area contributed by atoms with Crippen LogP contribution in [0, 0.1) is 0 Å². The third kappa shape index (κ3) is 3.02. The van der Waals surface area contributed by atoms with Gasteiger partial charge in [0.1, 0.15) is 6.04 Å². The molecule has 1 atom stereocenters. The number of nitrogens with one attached hydrogen (secondary N) is 2. The van der Waals surface area contributed by atoms with E-state index in [0.717, 1.165) is 0 Å². The molecule has 1 heterocycles. The number of aromatic carboxylic acids is 1. The van der Waals surface area contributed by atoms with Gasteiger partial charge in [0, 0.05) is 6.42 Å². The summed E-state index contributed by atoms with van der Waals surface area (Å²) in [6, 6.07) is 1.76. The van der Waals surface area contributed by atoms with Crippen LogP contribution in [0.4, 0.5) is 5.69 Å². The summed E-state index contributed by atoms with van der Waals surface area (Å²) < 4.78 is 0. The van der Waals surface area contributed by atoms with Gasteiger partial charge >= 0.3 is 5.97 Å². The highest BCUT2D eigenvalue weighted by Crippen LogP contribution is 2.32. The van der Waals surface area contributed by atoms with E-state index in [0.29, 0.717) is 6.42 Å². The molecule has 2 amide bonds. The Morgan fingerprint density at radius 2 is 1.90 bits per heavy atom. The number of anilines is 1. The molecule has 1 saturated heterocycles. The second-order valence-corrected chi connectivity index (χ2v) is 5.08. The van der Waals surface area contributed by atoms with E-state index in [1.165, 1.54) is 12.1 Å². The zero-order chi connectivity index (χ0) is 14.9. The second kappa shape index (κ2) is 5.68. The molecule has 0 aromatic heterocycles. The molecule has 1 aliphatic rings. The quantitative estimate of drug-likeness (QED) is 0.793. The van der Waals surface area contributed by atoms with Crippen molar-refractivity contribution >= 4 is 46.7 Å². The molecule has 1 aliphatic heterocycles. The third-order valence-corrected chi connectivity index (χ3v) is 3.45. The molecule has 20 heavy (non-hydrogen) atoms. The Morgan fingerprint density at radius 3 is 2.35 bits per heavy atom. The number of carbonyl (C=O) groups excluding carboxylic acids is 2. The summed E-state index contributed by atoms with van der Waals surface area (Å²) in [5.41, 5.74) is 0.0525. The SMILES string of the molecule is O=C1CC[C@H](C(=O)Nc2c(Cl)cc(C(=O)O)cc2Cl)N1. The predicted octanol–water partition coefficient (Wildman–Crippen LogP) is 1.91. The first kappa shape index (κ1) is 14.6. The van der Waals surface area contributed by atoms with E-state index >= 15 is 0 Å². The molecule has 106 valence electrons. The van der Waals surface area contributed by atoms with E-state index in [1.54, 1.807) is 0 Å². The van der Waals surface area contributed by atoms with Crippen molar-refractivity contribution in [3.8, 4) is 0 Å². The lowest BCUT2D eigenvalue weighted by Crippen LogP contribution is -2.37. The van der Waals surface area contributed by atoms with E-state index in [2.05, 4.69) is 10.6 Å². The summed E-state index contributed by atoms with van der Waals surface area (Å²) in [4.78, 5) is 33.8. The topological polar surface area (TPSA) is 95.5 Å². The summed E-state index contributed by atoms with van der Waals surface area (Å²) in [7, 11) is 0. The van der Waals surface area contributed by atoms with Gasteiger partial charge in [-0.1, -0.05) is 23.2 Å². The number of carboxylic acids is 1. The van der Waals surface area contributed by atoms with Crippen molar-refractivity contribution in [1.29, 1.82) is 0 Å². The van der Waals surface area contributed by atoms with Crippen molar-refractivity contribution in [3.05, 3.63) is 27.7 Å². The first-order valence-corrected chi connectivity index (χ1v) is 6.46. The van der Waals surface area contributed by atoms with Gasteiger partial charge in [-0.2, -0.15) is 0 Å². The summed E-state index contributed by atoms with van der Waals surface area (Å²) in [5.74, 6) is -1.80.